The molecule has 1 atom stereocenters. The molecule has 1 aliphatic carbocycles. The van der Waals surface area contributed by atoms with E-state index in [4.69, 9.17) is 0 Å². The first-order chi connectivity index (χ1) is 7.08. The highest BCUT2D eigenvalue weighted by atomic mass is 32.1. The third-order valence-corrected chi connectivity index (χ3v) is 5.09. The van der Waals surface area contributed by atoms with E-state index in [2.05, 4.69) is 45.3 Å². The van der Waals surface area contributed by atoms with Gasteiger partial charge >= 0.3 is 0 Å². The monoisotopic (exact) mass is 229 g/mol. The minimum absolute atomic E-state index is 0.432. The maximum absolute atomic E-state index is 4.55. The van der Waals surface area contributed by atoms with E-state index in [9.17, 15) is 0 Å². The summed E-state index contributed by atoms with van der Waals surface area (Å²) in [4.78, 5) is 2.56. The molecule has 1 fully saturated rings. The molecule has 0 aliphatic heterocycles. The SMILES string of the molecule is CCC(CC)(CS)CN(C)C(C)C1CC1. The minimum atomic E-state index is 0.432. The Labute approximate surface area is 101 Å². The molecular weight excluding hydrogens is 202 g/mol. The number of rotatable bonds is 7. The van der Waals surface area contributed by atoms with Gasteiger partial charge in [-0.15, -0.1) is 0 Å². The highest BCUT2D eigenvalue weighted by molar-refractivity contribution is 7.80. The van der Waals surface area contributed by atoms with Crippen LogP contribution >= 0.6 is 12.6 Å². The molecule has 0 aromatic carbocycles. The molecule has 1 unspecified atom stereocenters. The lowest BCUT2D eigenvalue weighted by Crippen LogP contribution is -2.41. The van der Waals surface area contributed by atoms with Crippen molar-refractivity contribution in [2.45, 2.75) is 52.5 Å². The molecule has 0 saturated heterocycles. The summed E-state index contributed by atoms with van der Waals surface area (Å²) in [5.74, 6) is 1.99. The van der Waals surface area contributed by atoms with Gasteiger partial charge in [-0.2, -0.15) is 12.6 Å². The summed E-state index contributed by atoms with van der Waals surface area (Å²) in [6, 6.07) is 0.766. The van der Waals surface area contributed by atoms with E-state index in [1.165, 1.54) is 32.2 Å². The second-order valence-corrected chi connectivity index (χ2v) is 5.67. The second-order valence-electron chi connectivity index (χ2n) is 5.36. The van der Waals surface area contributed by atoms with Gasteiger partial charge in [-0.3, -0.25) is 0 Å². The van der Waals surface area contributed by atoms with Crippen molar-refractivity contribution in [1.82, 2.24) is 4.90 Å². The zero-order valence-electron chi connectivity index (χ0n) is 10.8. The minimum Gasteiger partial charge on any atom is -0.303 e. The zero-order chi connectivity index (χ0) is 11.5. The van der Waals surface area contributed by atoms with Crippen molar-refractivity contribution in [3.05, 3.63) is 0 Å². The third-order valence-electron chi connectivity index (χ3n) is 4.42. The van der Waals surface area contributed by atoms with E-state index in [1.54, 1.807) is 0 Å². The molecule has 0 amide bonds. The average molecular weight is 229 g/mol. The average Bonchev–Trinajstić information content (AvgIpc) is 3.08. The van der Waals surface area contributed by atoms with E-state index in [0.29, 0.717) is 5.41 Å². The fraction of sp³-hybridized carbons (Fsp3) is 1.00. The van der Waals surface area contributed by atoms with Crippen LogP contribution in [0.1, 0.15) is 46.5 Å². The van der Waals surface area contributed by atoms with E-state index in [-0.39, 0.29) is 0 Å². The summed E-state index contributed by atoms with van der Waals surface area (Å²) in [6.45, 7) is 8.19. The molecule has 1 nitrogen and oxygen atoms in total. The Hall–Kier alpha value is 0.310. The van der Waals surface area contributed by atoms with Crippen LogP contribution in [0.5, 0.6) is 0 Å². The summed E-state index contributed by atoms with van der Waals surface area (Å²) in [5.41, 5.74) is 0.432. The van der Waals surface area contributed by atoms with Crippen molar-refractivity contribution in [2.24, 2.45) is 11.3 Å². The summed E-state index contributed by atoms with van der Waals surface area (Å²) < 4.78 is 0. The number of thiol groups is 1. The molecule has 15 heavy (non-hydrogen) atoms. The Morgan fingerprint density at radius 1 is 1.33 bits per heavy atom. The highest BCUT2D eigenvalue weighted by Gasteiger charge is 2.34. The van der Waals surface area contributed by atoms with Gasteiger partial charge in [0.15, 0.2) is 0 Å². The Morgan fingerprint density at radius 3 is 2.20 bits per heavy atom. The quantitative estimate of drug-likeness (QED) is 0.654. The largest absolute Gasteiger partial charge is 0.303 e. The van der Waals surface area contributed by atoms with Crippen molar-refractivity contribution >= 4 is 12.6 Å². The Morgan fingerprint density at radius 2 is 1.87 bits per heavy atom. The number of hydrogen-bond donors (Lipinski definition) is 1. The van der Waals surface area contributed by atoms with Crippen LogP contribution in [0.4, 0.5) is 0 Å². The first-order valence-electron chi connectivity index (χ1n) is 6.39. The molecule has 0 N–H and O–H groups in total. The zero-order valence-corrected chi connectivity index (χ0v) is 11.7. The first kappa shape index (κ1) is 13.4. The van der Waals surface area contributed by atoms with Crippen molar-refractivity contribution in [3.8, 4) is 0 Å². The van der Waals surface area contributed by atoms with Crippen molar-refractivity contribution in [1.29, 1.82) is 0 Å². The van der Waals surface area contributed by atoms with Crippen molar-refractivity contribution in [3.63, 3.8) is 0 Å². The lowest BCUT2D eigenvalue weighted by Gasteiger charge is -2.37. The number of hydrogen-bond acceptors (Lipinski definition) is 2. The fourth-order valence-corrected chi connectivity index (χ4v) is 2.91. The lowest BCUT2D eigenvalue weighted by molar-refractivity contribution is 0.139. The van der Waals surface area contributed by atoms with E-state index in [1.807, 2.05) is 0 Å². The fourth-order valence-electron chi connectivity index (χ4n) is 2.36. The summed E-state index contributed by atoms with van der Waals surface area (Å²) in [7, 11) is 2.28. The van der Waals surface area contributed by atoms with Gasteiger partial charge in [0.2, 0.25) is 0 Å². The van der Waals surface area contributed by atoms with E-state index < -0.39 is 0 Å². The molecule has 2 heteroatoms. The first-order valence-corrected chi connectivity index (χ1v) is 7.03. The van der Waals surface area contributed by atoms with Gasteiger partial charge in [-0.05, 0) is 56.7 Å². The highest BCUT2D eigenvalue weighted by Crippen LogP contribution is 2.37. The van der Waals surface area contributed by atoms with Crippen molar-refractivity contribution in [2.75, 3.05) is 19.3 Å². The van der Waals surface area contributed by atoms with Gasteiger partial charge in [0.25, 0.3) is 0 Å². The molecule has 0 radical (unpaired) electrons. The maximum Gasteiger partial charge on any atom is 0.00923 e. The molecule has 0 aromatic heterocycles. The molecular formula is C13H27NS. The Balaban J connectivity index is 2.48. The second kappa shape index (κ2) is 5.58. The van der Waals surface area contributed by atoms with Crippen molar-refractivity contribution < 1.29 is 0 Å². The smallest absolute Gasteiger partial charge is 0.00923 e. The third kappa shape index (κ3) is 3.39. The molecule has 1 rings (SSSR count). The van der Waals surface area contributed by atoms with Gasteiger partial charge in [0.05, 0.1) is 0 Å². The van der Waals surface area contributed by atoms with Crippen LogP contribution in [0.25, 0.3) is 0 Å². The molecule has 0 aromatic rings. The maximum atomic E-state index is 4.55. The van der Waals surface area contributed by atoms with Crippen LogP contribution in [0.3, 0.4) is 0 Å². The van der Waals surface area contributed by atoms with E-state index in [0.717, 1.165) is 17.7 Å². The Bertz CT molecular complexity index is 177. The topological polar surface area (TPSA) is 3.24 Å². The molecule has 0 heterocycles. The van der Waals surface area contributed by atoms with Gasteiger partial charge in [0.1, 0.15) is 0 Å². The van der Waals surface area contributed by atoms with Crippen LogP contribution < -0.4 is 0 Å². The molecule has 1 aliphatic rings. The molecule has 90 valence electrons. The van der Waals surface area contributed by atoms with Crippen LogP contribution in [0.2, 0.25) is 0 Å². The van der Waals surface area contributed by atoms with Crippen LogP contribution in [0.15, 0.2) is 0 Å². The van der Waals surface area contributed by atoms with Crippen LogP contribution in [-0.4, -0.2) is 30.3 Å². The predicted molar refractivity (Wildman–Crippen MR) is 71.7 cm³/mol. The summed E-state index contributed by atoms with van der Waals surface area (Å²) in [5, 5.41) is 0. The lowest BCUT2D eigenvalue weighted by atomic mass is 9.83. The standard InChI is InChI=1S/C13H27NS/c1-5-13(6-2,10-15)9-14(4)11(3)12-7-8-12/h11-12,15H,5-10H2,1-4H3. The van der Waals surface area contributed by atoms with Crippen LogP contribution in [0, 0.1) is 11.3 Å². The van der Waals surface area contributed by atoms with Gasteiger partial charge in [-0.1, -0.05) is 13.8 Å². The normalized spacial score (nSPS) is 19.6. The molecule has 0 spiro atoms. The Kier molecular flexibility index (Phi) is 4.98. The van der Waals surface area contributed by atoms with Gasteiger partial charge < -0.3 is 4.90 Å². The number of nitrogens with zero attached hydrogens (tertiary/aromatic N) is 1. The summed E-state index contributed by atoms with van der Waals surface area (Å²) >= 11 is 4.55. The molecule has 1 saturated carbocycles. The van der Waals surface area contributed by atoms with Crippen LogP contribution in [-0.2, 0) is 0 Å². The van der Waals surface area contributed by atoms with Gasteiger partial charge in [-0.25, -0.2) is 0 Å². The predicted octanol–water partition coefficient (Wildman–Crippen LogP) is 3.45. The van der Waals surface area contributed by atoms with Gasteiger partial charge in [0, 0.05) is 12.6 Å². The molecule has 0 bridgehead atoms. The summed E-state index contributed by atoms with van der Waals surface area (Å²) in [6.07, 6.45) is 5.37. The van der Waals surface area contributed by atoms with E-state index >= 15 is 0 Å².